The lowest BCUT2D eigenvalue weighted by molar-refractivity contribution is 0.150. The van der Waals surface area contributed by atoms with E-state index in [1.807, 2.05) is 0 Å². The van der Waals surface area contributed by atoms with Gasteiger partial charge in [-0.25, -0.2) is 17.2 Å². The van der Waals surface area contributed by atoms with Crippen molar-refractivity contribution in [1.82, 2.24) is 0 Å². The lowest BCUT2D eigenvalue weighted by atomic mass is 10.1. The summed E-state index contributed by atoms with van der Waals surface area (Å²) in [5.41, 5.74) is -0.815. The zero-order valence-electron chi connectivity index (χ0n) is 7.42. The Balaban J connectivity index is 3.62. The third-order valence-electron chi connectivity index (χ3n) is 1.72. The van der Waals surface area contributed by atoms with Gasteiger partial charge in [0.25, 0.3) is 15.5 Å². The summed E-state index contributed by atoms with van der Waals surface area (Å²) in [4.78, 5) is -0.616. The highest BCUT2D eigenvalue weighted by molar-refractivity contribution is 9.10. The fourth-order valence-corrected chi connectivity index (χ4v) is 2.56. The van der Waals surface area contributed by atoms with E-state index in [-0.39, 0.29) is 10.0 Å². The third-order valence-corrected chi connectivity index (χ3v) is 3.77. The first-order valence-corrected chi connectivity index (χ1v) is 6.84. The molecule has 1 aromatic rings. The molecule has 0 aromatic heterocycles. The fraction of sp³-hybridized carbons (Fsp3) is 0.125. The van der Waals surface area contributed by atoms with E-state index in [1.54, 1.807) is 6.07 Å². The molecular weight excluding hydrogens is 328 g/mol. The lowest BCUT2D eigenvalue weighted by Crippen LogP contribution is -1.99. The first-order chi connectivity index (χ1) is 7.27. The van der Waals surface area contributed by atoms with Gasteiger partial charge in [0.15, 0.2) is 0 Å². The summed E-state index contributed by atoms with van der Waals surface area (Å²) in [6.07, 6.45) is -2.86. The molecule has 1 rings (SSSR count). The monoisotopic (exact) mass is 329 g/mol. The van der Waals surface area contributed by atoms with Crippen LogP contribution >= 0.6 is 26.6 Å². The van der Waals surface area contributed by atoms with Crippen molar-refractivity contribution in [3.8, 4) is 6.07 Å². The number of nitriles is 1. The SMILES string of the molecule is N#Cc1cc(Br)c(C(F)F)cc1S(=O)(=O)Cl. The second-order valence-electron chi connectivity index (χ2n) is 2.72. The van der Waals surface area contributed by atoms with E-state index >= 15 is 0 Å². The lowest BCUT2D eigenvalue weighted by Gasteiger charge is -2.06. The van der Waals surface area contributed by atoms with Crippen LogP contribution in [0.3, 0.4) is 0 Å². The summed E-state index contributed by atoms with van der Waals surface area (Å²) < 4.78 is 47.0. The van der Waals surface area contributed by atoms with Crippen molar-refractivity contribution in [1.29, 1.82) is 5.26 Å². The molecule has 0 fully saturated rings. The van der Waals surface area contributed by atoms with Crippen LogP contribution in [0.2, 0.25) is 0 Å². The molecule has 0 radical (unpaired) electrons. The number of halogens is 4. The Morgan fingerprint density at radius 1 is 1.44 bits per heavy atom. The van der Waals surface area contributed by atoms with Gasteiger partial charge in [0, 0.05) is 20.7 Å². The van der Waals surface area contributed by atoms with Crippen molar-refractivity contribution in [2.45, 2.75) is 11.3 Å². The fourth-order valence-electron chi connectivity index (χ4n) is 1.03. The van der Waals surface area contributed by atoms with Crippen LogP contribution in [-0.2, 0) is 9.05 Å². The van der Waals surface area contributed by atoms with Gasteiger partial charge in [-0.3, -0.25) is 0 Å². The molecule has 0 bridgehead atoms. The Labute approximate surface area is 103 Å². The maximum atomic E-state index is 12.5. The van der Waals surface area contributed by atoms with Crippen LogP contribution in [-0.4, -0.2) is 8.42 Å². The van der Waals surface area contributed by atoms with Crippen LogP contribution in [0, 0.1) is 11.3 Å². The minimum absolute atomic E-state index is 0.0388. The summed E-state index contributed by atoms with van der Waals surface area (Å²) in [6.45, 7) is 0. The first kappa shape index (κ1) is 13.4. The van der Waals surface area contributed by atoms with Gasteiger partial charge in [0.2, 0.25) is 0 Å². The molecular formula is C8H3BrClF2NO2S. The van der Waals surface area contributed by atoms with Crippen LogP contribution in [0.1, 0.15) is 17.6 Å². The van der Waals surface area contributed by atoms with Gasteiger partial charge in [-0.1, -0.05) is 15.9 Å². The Morgan fingerprint density at radius 2 is 2.00 bits per heavy atom. The molecule has 0 amide bonds. The quantitative estimate of drug-likeness (QED) is 0.783. The summed E-state index contributed by atoms with van der Waals surface area (Å²) in [5.74, 6) is 0. The highest BCUT2D eigenvalue weighted by atomic mass is 79.9. The molecule has 0 saturated heterocycles. The molecule has 0 aliphatic carbocycles. The number of nitrogens with zero attached hydrogens (tertiary/aromatic N) is 1. The van der Waals surface area contributed by atoms with E-state index in [2.05, 4.69) is 15.9 Å². The van der Waals surface area contributed by atoms with Crippen LogP contribution in [0.4, 0.5) is 8.78 Å². The molecule has 0 N–H and O–H groups in total. The van der Waals surface area contributed by atoms with E-state index in [4.69, 9.17) is 15.9 Å². The van der Waals surface area contributed by atoms with Crippen molar-refractivity contribution in [3.63, 3.8) is 0 Å². The van der Waals surface area contributed by atoms with Gasteiger partial charge in [0.05, 0.1) is 5.56 Å². The summed E-state index contributed by atoms with van der Waals surface area (Å²) in [6, 6.07) is 3.26. The van der Waals surface area contributed by atoms with Gasteiger partial charge >= 0.3 is 0 Å². The Kier molecular flexibility index (Phi) is 3.88. The van der Waals surface area contributed by atoms with Gasteiger partial charge in [0.1, 0.15) is 11.0 Å². The molecule has 8 heteroatoms. The molecule has 0 saturated carbocycles. The summed E-state index contributed by atoms with van der Waals surface area (Å²) in [5, 5.41) is 8.65. The average molecular weight is 331 g/mol. The summed E-state index contributed by atoms with van der Waals surface area (Å²) >= 11 is 2.82. The molecule has 0 unspecified atom stereocenters. The topological polar surface area (TPSA) is 57.9 Å². The van der Waals surface area contributed by atoms with Gasteiger partial charge in [-0.05, 0) is 12.1 Å². The Bertz CT molecular complexity index is 568. The predicted molar refractivity (Wildman–Crippen MR) is 56.9 cm³/mol. The second-order valence-corrected chi connectivity index (χ2v) is 6.11. The minimum atomic E-state index is -4.22. The maximum Gasteiger partial charge on any atom is 0.264 e. The van der Waals surface area contributed by atoms with E-state index in [0.717, 1.165) is 6.07 Å². The van der Waals surface area contributed by atoms with Crippen LogP contribution < -0.4 is 0 Å². The van der Waals surface area contributed by atoms with Crippen molar-refractivity contribution in [2.75, 3.05) is 0 Å². The molecule has 16 heavy (non-hydrogen) atoms. The zero-order chi connectivity index (χ0) is 12.5. The van der Waals surface area contributed by atoms with E-state index < -0.39 is 25.9 Å². The number of rotatable bonds is 2. The molecule has 0 atom stereocenters. The van der Waals surface area contributed by atoms with Crippen molar-refractivity contribution >= 4 is 35.7 Å². The number of alkyl halides is 2. The number of hydrogen-bond acceptors (Lipinski definition) is 3. The number of benzene rings is 1. The van der Waals surface area contributed by atoms with Crippen LogP contribution in [0.25, 0.3) is 0 Å². The highest BCUT2D eigenvalue weighted by Crippen LogP contribution is 2.32. The zero-order valence-corrected chi connectivity index (χ0v) is 10.6. The van der Waals surface area contributed by atoms with Gasteiger partial charge < -0.3 is 0 Å². The molecule has 86 valence electrons. The van der Waals surface area contributed by atoms with E-state index in [9.17, 15) is 17.2 Å². The Morgan fingerprint density at radius 3 is 2.38 bits per heavy atom. The van der Waals surface area contributed by atoms with Gasteiger partial charge in [-0.2, -0.15) is 5.26 Å². The molecule has 0 spiro atoms. The standard InChI is InChI=1S/C8H3BrClF2NO2S/c9-6-1-4(3-13)7(16(10,14)15)2-5(6)8(11)12/h1-2,8H. The van der Waals surface area contributed by atoms with E-state index in [1.165, 1.54) is 0 Å². The van der Waals surface area contributed by atoms with E-state index in [0.29, 0.717) is 6.07 Å². The first-order valence-electron chi connectivity index (χ1n) is 3.73. The third kappa shape index (κ3) is 2.70. The number of hydrogen-bond donors (Lipinski definition) is 0. The molecule has 0 aliphatic rings. The molecule has 1 aromatic carbocycles. The van der Waals surface area contributed by atoms with Crippen molar-refractivity contribution in [3.05, 3.63) is 27.7 Å². The van der Waals surface area contributed by atoms with Crippen LogP contribution in [0.15, 0.2) is 21.5 Å². The Hall–Kier alpha value is -0.710. The molecule has 3 nitrogen and oxygen atoms in total. The molecule has 0 aliphatic heterocycles. The summed E-state index contributed by atoms with van der Waals surface area (Å²) in [7, 11) is 0.810. The second kappa shape index (κ2) is 4.65. The largest absolute Gasteiger partial charge is 0.264 e. The average Bonchev–Trinajstić information content (AvgIpc) is 2.14. The smallest absolute Gasteiger partial charge is 0.207 e. The molecule has 0 heterocycles. The van der Waals surface area contributed by atoms with Crippen molar-refractivity contribution < 1.29 is 17.2 Å². The van der Waals surface area contributed by atoms with Crippen LogP contribution in [0.5, 0.6) is 0 Å². The highest BCUT2D eigenvalue weighted by Gasteiger charge is 2.21. The predicted octanol–water partition coefficient (Wildman–Crippen LogP) is 3.19. The normalized spacial score (nSPS) is 11.5. The minimum Gasteiger partial charge on any atom is -0.207 e. The van der Waals surface area contributed by atoms with Gasteiger partial charge in [-0.15, -0.1) is 0 Å². The van der Waals surface area contributed by atoms with Crippen molar-refractivity contribution in [2.24, 2.45) is 0 Å². The maximum absolute atomic E-state index is 12.5.